The van der Waals surface area contributed by atoms with Gasteiger partial charge in [-0.15, -0.1) is 0 Å². The maximum atomic E-state index is 16.9. The van der Waals surface area contributed by atoms with Crippen molar-refractivity contribution in [3.63, 3.8) is 0 Å². The summed E-state index contributed by atoms with van der Waals surface area (Å²) < 4.78 is 16.9. The normalized spacial score (nSPS) is 11.1. The molecule has 0 aliphatic rings. The predicted octanol–water partition coefficient (Wildman–Crippen LogP) is 3.95. The standard InChI is InChI=1S/C20H21FN2P/c1-22-17-12-6-8-14-19(17)24(21,16-10-4-3-5-11-16)20-15-9-7-13-18(20)23-2/h3-15,22-23H,1-2H3/q+1. The lowest BCUT2D eigenvalue weighted by molar-refractivity contribution is 0.901. The van der Waals surface area contributed by atoms with Crippen LogP contribution in [0.3, 0.4) is 0 Å². The van der Waals surface area contributed by atoms with Gasteiger partial charge in [0.15, 0.2) is 10.6 Å². The van der Waals surface area contributed by atoms with Crippen LogP contribution in [0.1, 0.15) is 0 Å². The minimum absolute atomic E-state index is 0.710. The van der Waals surface area contributed by atoms with E-state index in [-0.39, 0.29) is 0 Å². The van der Waals surface area contributed by atoms with Crippen molar-refractivity contribution in [3.8, 4) is 0 Å². The van der Waals surface area contributed by atoms with Crippen molar-refractivity contribution in [1.82, 2.24) is 0 Å². The quantitative estimate of drug-likeness (QED) is 0.688. The molecule has 4 heteroatoms. The van der Waals surface area contributed by atoms with Crippen LogP contribution in [0.25, 0.3) is 0 Å². The molecule has 0 aliphatic carbocycles. The van der Waals surface area contributed by atoms with Crippen LogP contribution in [-0.4, -0.2) is 14.1 Å². The van der Waals surface area contributed by atoms with Gasteiger partial charge in [-0.2, -0.15) is 0 Å². The Morgan fingerprint density at radius 3 is 1.50 bits per heavy atom. The monoisotopic (exact) mass is 339 g/mol. The van der Waals surface area contributed by atoms with Crippen LogP contribution in [-0.2, 0) is 0 Å². The maximum absolute atomic E-state index is 16.9. The van der Waals surface area contributed by atoms with Crippen molar-refractivity contribution in [3.05, 3.63) is 78.9 Å². The highest BCUT2D eigenvalue weighted by atomic mass is 31.2. The van der Waals surface area contributed by atoms with Crippen molar-refractivity contribution in [2.45, 2.75) is 0 Å². The first-order valence-electron chi connectivity index (χ1n) is 7.91. The Bertz CT molecular complexity index is 773. The number of nitrogens with one attached hydrogen (secondary N) is 2. The summed E-state index contributed by atoms with van der Waals surface area (Å²) in [5.74, 6) is 0. The molecule has 0 fully saturated rings. The maximum Gasteiger partial charge on any atom is 0.303 e. The van der Waals surface area contributed by atoms with Crippen molar-refractivity contribution in [2.24, 2.45) is 0 Å². The van der Waals surface area contributed by atoms with E-state index < -0.39 is 7.57 Å². The van der Waals surface area contributed by atoms with Gasteiger partial charge in [0.05, 0.1) is 11.4 Å². The van der Waals surface area contributed by atoms with E-state index >= 15 is 4.20 Å². The molecule has 0 amide bonds. The van der Waals surface area contributed by atoms with Gasteiger partial charge in [0.1, 0.15) is 5.30 Å². The van der Waals surface area contributed by atoms with Crippen molar-refractivity contribution >= 4 is 34.9 Å². The molecule has 0 atom stereocenters. The second kappa shape index (κ2) is 7.02. The summed E-state index contributed by atoms with van der Waals surface area (Å²) in [6.45, 7) is 0. The van der Waals surface area contributed by atoms with Crippen LogP contribution in [0, 0.1) is 0 Å². The van der Waals surface area contributed by atoms with Crippen LogP contribution in [0.4, 0.5) is 15.6 Å². The first-order chi connectivity index (χ1) is 11.7. The number of benzene rings is 3. The average Bonchev–Trinajstić information content (AvgIpc) is 2.68. The summed E-state index contributed by atoms with van der Waals surface area (Å²) in [5.41, 5.74) is 1.64. The molecule has 122 valence electrons. The molecule has 2 nitrogen and oxygen atoms in total. The Balaban J connectivity index is 2.34. The van der Waals surface area contributed by atoms with Crippen LogP contribution in [0.15, 0.2) is 78.9 Å². The number of hydrogen-bond acceptors (Lipinski definition) is 2. The SMILES string of the molecule is CNc1ccccc1[P+](F)(c1ccccc1)c1ccccc1NC. The van der Waals surface area contributed by atoms with Gasteiger partial charge in [0, 0.05) is 14.1 Å². The third-order valence-electron chi connectivity index (χ3n) is 4.12. The molecule has 24 heavy (non-hydrogen) atoms. The summed E-state index contributed by atoms with van der Waals surface area (Å²) in [6.07, 6.45) is 0. The van der Waals surface area contributed by atoms with Crippen LogP contribution >= 0.6 is 7.57 Å². The topological polar surface area (TPSA) is 24.1 Å². The van der Waals surface area contributed by atoms with Gasteiger partial charge in [0.2, 0.25) is 0 Å². The molecule has 0 spiro atoms. The summed E-state index contributed by atoms with van der Waals surface area (Å²) in [6, 6.07) is 24.7. The Morgan fingerprint density at radius 1 is 0.625 bits per heavy atom. The fourth-order valence-electron chi connectivity index (χ4n) is 2.95. The summed E-state index contributed by atoms with van der Waals surface area (Å²) in [7, 11) is 0.403. The number of hydrogen-bond donors (Lipinski definition) is 2. The molecule has 0 radical (unpaired) electrons. The van der Waals surface area contributed by atoms with Crippen molar-refractivity contribution in [2.75, 3.05) is 24.7 Å². The zero-order chi connectivity index (χ0) is 17.0. The second-order valence-corrected chi connectivity index (χ2v) is 8.12. The molecule has 0 aliphatic heterocycles. The lowest BCUT2D eigenvalue weighted by Crippen LogP contribution is -2.30. The fraction of sp³-hybridized carbons (Fsp3) is 0.100. The average molecular weight is 339 g/mol. The summed E-state index contributed by atoms with van der Waals surface area (Å²) in [5, 5.41) is 8.43. The molecule has 0 saturated carbocycles. The van der Waals surface area contributed by atoms with Gasteiger partial charge >= 0.3 is 7.57 Å². The molecule has 0 unspecified atom stereocenters. The van der Waals surface area contributed by atoms with Gasteiger partial charge in [-0.3, -0.25) is 0 Å². The Kier molecular flexibility index (Phi) is 4.82. The van der Waals surface area contributed by atoms with E-state index in [2.05, 4.69) is 10.6 Å². The Labute approximate surface area is 143 Å². The Morgan fingerprint density at radius 2 is 1.04 bits per heavy atom. The molecular formula is C20H21FN2P+. The minimum Gasteiger partial charge on any atom is -0.385 e. The van der Waals surface area contributed by atoms with Gasteiger partial charge in [0.25, 0.3) is 0 Å². The first-order valence-corrected chi connectivity index (χ1v) is 9.58. The molecule has 0 heterocycles. The third kappa shape index (κ3) is 2.76. The van der Waals surface area contributed by atoms with Crippen LogP contribution < -0.4 is 26.5 Å². The molecule has 0 saturated heterocycles. The van der Waals surface area contributed by atoms with Gasteiger partial charge in [-0.25, -0.2) is 0 Å². The number of rotatable bonds is 5. The highest BCUT2D eigenvalue weighted by molar-refractivity contribution is 7.92. The highest BCUT2D eigenvalue weighted by Crippen LogP contribution is 2.59. The molecule has 2 N–H and O–H groups in total. The lowest BCUT2D eigenvalue weighted by atomic mass is 10.3. The highest BCUT2D eigenvalue weighted by Gasteiger charge is 2.50. The van der Waals surface area contributed by atoms with Crippen LogP contribution in [0.5, 0.6) is 0 Å². The van der Waals surface area contributed by atoms with E-state index in [0.29, 0.717) is 10.6 Å². The van der Waals surface area contributed by atoms with Gasteiger partial charge < -0.3 is 10.6 Å². The fourth-order valence-corrected chi connectivity index (χ4v) is 5.97. The summed E-state index contributed by atoms with van der Waals surface area (Å²) in [4.78, 5) is 0. The van der Waals surface area contributed by atoms with E-state index in [0.717, 1.165) is 16.7 Å². The minimum atomic E-state index is -3.26. The molecule has 0 aromatic heterocycles. The van der Waals surface area contributed by atoms with E-state index in [1.54, 1.807) is 0 Å². The molecule has 3 aromatic rings. The number of halogens is 1. The predicted molar refractivity (Wildman–Crippen MR) is 105 cm³/mol. The smallest absolute Gasteiger partial charge is 0.303 e. The van der Waals surface area contributed by atoms with Gasteiger partial charge in [-0.1, -0.05) is 42.5 Å². The third-order valence-corrected chi connectivity index (χ3v) is 7.24. The molecule has 0 bridgehead atoms. The lowest BCUT2D eigenvalue weighted by Gasteiger charge is -2.21. The largest absolute Gasteiger partial charge is 0.385 e. The zero-order valence-corrected chi connectivity index (χ0v) is 14.7. The van der Waals surface area contributed by atoms with Gasteiger partial charge in [-0.05, 0) is 40.6 Å². The molecular weight excluding hydrogens is 318 g/mol. The van der Waals surface area contributed by atoms with E-state index in [1.807, 2.05) is 93.0 Å². The summed E-state index contributed by atoms with van der Waals surface area (Å²) >= 11 is 0. The van der Waals surface area contributed by atoms with Crippen molar-refractivity contribution in [1.29, 1.82) is 0 Å². The number of para-hydroxylation sites is 2. The molecule has 3 aromatic carbocycles. The van der Waals surface area contributed by atoms with E-state index in [4.69, 9.17) is 0 Å². The van der Waals surface area contributed by atoms with Crippen LogP contribution in [0.2, 0.25) is 0 Å². The second-order valence-electron chi connectivity index (χ2n) is 5.46. The first kappa shape index (κ1) is 16.5. The zero-order valence-electron chi connectivity index (χ0n) is 13.8. The van der Waals surface area contributed by atoms with Crippen molar-refractivity contribution < 1.29 is 4.20 Å². The number of anilines is 2. The molecule has 3 rings (SSSR count). The van der Waals surface area contributed by atoms with E-state index in [1.165, 1.54) is 0 Å². The Hall–Kier alpha value is -2.38. The van der Waals surface area contributed by atoms with E-state index in [9.17, 15) is 0 Å².